The zero-order valence-corrected chi connectivity index (χ0v) is 18.5. The fourth-order valence-electron chi connectivity index (χ4n) is 2.61. The van der Waals surface area contributed by atoms with Crippen LogP contribution in [0.5, 0.6) is 5.75 Å². The van der Waals surface area contributed by atoms with Crippen LogP contribution in [0.15, 0.2) is 22.6 Å². The van der Waals surface area contributed by atoms with Crippen LogP contribution in [0.1, 0.15) is 24.2 Å². The first kappa shape index (κ1) is 23.6. The van der Waals surface area contributed by atoms with Crippen molar-refractivity contribution in [3.05, 3.63) is 29.5 Å². The van der Waals surface area contributed by atoms with Crippen LogP contribution in [-0.2, 0) is 19.1 Å². The van der Waals surface area contributed by atoms with E-state index in [1.54, 1.807) is 16.4 Å². The zero-order chi connectivity index (χ0) is 22.3. The second kappa shape index (κ2) is 10.9. The summed E-state index contributed by atoms with van der Waals surface area (Å²) in [6.45, 7) is 4.34. The number of furan rings is 1. The molecule has 0 aliphatic carbocycles. The maximum absolute atomic E-state index is 12.6. The maximum atomic E-state index is 12.6. The third-order valence-corrected chi connectivity index (χ3v) is 5.43. The van der Waals surface area contributed by atoms with E-state index >= 15 is 0 Å². The molecule has 0 atom stereocenters. The number of esters is 2. The van der Waals surface area contributed by atoms with Gasteiger partial charge in [0.2, 0.25) is 0 Å². The Bertz CT molecular complexity index is 892. The van der Waals surface area contributed by atoms with Crippen LogP contribution in [0, 0.1) is 13.8 Å². The number of nitrogens with zero attached hydrogens (tertiary/aromatic N) is 2. The lowest BCUT2D eigenvalue weighted by Crippen LogP contribution is -2.32. The van der Waals surface area contributed by atoms with Gasteiger partial charge >= 0.3 is 18.0 Å². The van der Waals surface area contributed by atoms with Crippen molar-refractivity contribution in [2.75, 3.05) is 34.4 Å². The molecule has 0 N–H and O–H groups in total. The Morgan fingerprint density at radius 3 is 2.20 bits per heavy atom. The normalized spacial score (nSPS) is 10.9. The van der Waals surface area contributed by atoms with Gasteiger partial charge in [-0.25, -0.2) is 13.4 Å². The fraction of sp³-hybridized carbons (Fsp3) is 0.450. The van der Waals surface area contributed by atoms with Gasteiger partial charge in [-0.1, -0.05) is 12.1 Å². The summed E-state index contributed by atoms with van der Waals surface area (Å²) in [5.74, 6) is 0.295. The summed E-state index contributed by atoms with van der Waals surface area (Å²) in [6.07, 6.45) is -0.407. The second-order valence-corrected chi connectivity index (χ2v) is 7.67. The summed E-state index contributed by atoms with van der Waals surface area (Å²) in [5, 5.41) is 0.880. The summed E-state index contributed by atoms with van der Waals surface area (Å²) < 4.78 is 23.5. The number of aryl methyl sites for hydroxylation is 2. The highest BCUT2D eigenvalue weighted by atomic mass is 32.2. The molecule has 0 bridgehead atoms. The van der Waals surface area contributed by atoms with E-state index < -0.39 is 6.09 Å². The monoisotopic (exact) mass is 438 g/mol. The molecule has 0 spiro atoms. The smallest absolute Gasteiger partial charge is 0.426 e. The molecule has 0 fully saturated rings. The van der Waals surface area contributed by atoms with E-state index in [0.29, 0.717) is 11.3 Å². The number of carbonyl (C=O) groups excluding carboxylic acids is 3. The van der Waals surface area contributed by atoms with Gasteiger partial charge in [-0.05, 0) is 25.5 Å². The molecule has 2 aromatic rings. The topological polar surface area (TPSA) is 98.5 Å². The lowest BCUT2D eigenvalue weighted by molar-refractivity contribution is -0.140. The Balaban J connectivity index is 2.05. The first-order valence-corrected chi connectivity index (χ1v) is 10.0. The van der Waals surface area contributed by atoms with Crippen LogP contribution in [0.3, 0.4) is 0 Å². The van der Waals surface area contributed by atoms with Crippen molar-refractivity contribution in [3.8, 4) is 5.75 Å². The Labute approximate surface area is 179 Å². The predicted molar refractivity (Wildman–Crippen MR) is 112 cm³/mol. The summed E-state index contributed by atoms with van der Waals surface area (Å²) in [4.78, 5) is 35.5. The number of amides is 1. The summed E-state index contributed by atoms with van der Waals surface area (Å²) in [6, 6.07) is 5.35. The van der Waals surface area contributed by atoms with E-state index in [9.17, 15) is 14.4 Å². The molecule has 1 amide bonds. The molecule has 0 saturated heterocycles. The number of methoxy groups -OCH3 is 2. The minimum atomic E-state index is -0.625. The van der Waals surface area contributed by atoms with Gasteiger partial charge in [-0.2, -0.15) is 0 Å². The molecule has 1 aromatic heterocycles. The number of fused-ring (bicyclic) bond motifs is 1. The van der Waals surface area contributed by atoms with E-state index in [2.05, 4.69) is 9.47 Å². The van der Waals surface area contributed by atoms with Crippen molar-refractivity contribution in [1.82, 2.24) is 8.61 Å². The second-order valence-electron chi connectivity index (χ2n) is 6.44. The SMILES string of the molecule is COC(=O)CCN(CCC(=O)OC)SN(C)C(=O)Oc1cccc2c(C)c(C)oc12. The summed E-state index contributed by atoms with van der Waals surface area (Å²) >= 11 is 1.04. The number of benzene rings is 1. The minimum Gasteiger partial charge on any atom is -0.469 e. The number of hydrogen-bond donors (Lipinski definition) is 0. The third kappa shape index (κ3) is 6.14. The molecule has 9 nitrogen and oxygen atoms in total. The lowest BCUT2D eigenvalue weighted by Gasteiger charge is -2.24. The van der Waals surface area contributed by atoms with Crippen LogP contribution < -0.4 is 4.74 Å². The largest absolute Gasteiger partial charge is 0.469 e. The standard InChI is InChI=1S/C20H26N2O7S/c1-13-14(2)28-19-15(13)7-6-8-16(19)29-20(25)21(3)30-22(11-9-17(23)26-4)12-10-18(24)27-5/h6-8H,9-12H2,1-5H3. The summed E-state index contributed by atoms with van der Waals surface area (Å²) in [7, 11) is 4.14. The minimum absolute atomic E-state index is 0.109. The molecule has 0 aliphatic rings. The van der Waals surface area contributed by atoms with Gasteiger partial charge in [0.15, 0.2) is 11.3 Å². The highest BCUT2D eigenvalue weighted by molar-refractivity contribution is 7.95. The first-order chi connectivity index (χ1) is 14.3. The van der Waals surface area contributed by atoms with E-state index in [1.165, 1.54) is 25.6 Å². The van der Waals surface area contributed by atoms with Crippen LogP contribution in [0.4, 0.5) is 4.79 Å². The molecule has 0 unspecified atom stereocenters. The average molecular weight is 439 g/mol. The average Bonchev–Trinajstić information content (AvgIpc) is 3.04. The molecule has 164 valence electrons. The van der Waals surface area contributed by atoms with E-state index in [0.717, 1.165) is 28.8 Å². The third-order valence-electron chi connectivity index (χ3n) is 4.44. The molecule has 2 rings (SSSR count). The Hall–Kier alpha value is -2.72. The van der Waals surface area contributed by atoms with Crippen LogP contribution in [-0.4, -0.2) is 61.0 Å². The number of para-hydroxylation sites is 1. The van der Waals surface area contributed by atoms with Gasteiger partial charge in [0.25, 0.3) is 0 Å². The van der Waals surface area contributed by atoms with Crippen molar-refractivity contribution >= 4 is 41.1 Å². The van der Waals surface area contributed by atoms with Crippen LogP contribution in [0.2, 0.25) is 0 Å². The van der Waals surface area contributed by atoms with Gasteiger partial charge in [-0.15, -0.1) is 0 Å². The van der Waals surface area contributed by atoms with E-state index in [-0.39, 0.29) is 37.9 Å². The number of ether oxygens (including phenoxy) is 3. The molecule has 30 heavy (non-hydrogen) atoms. The Kier molecular flexibility index (Phi) is 8.55. The molecule has 0 saturated carbocycles. The summed E-state index contributed by atoms with van der Waals surface area (Å²) in [5.41, 5.74) is 1.50. The highest BCUT2D eigenvalue weighted by Crippen LogP contribution is 2.32. The molecule has 0 radical (unpaired) electrons. The predicted octanol–water partition coefficient (Wildman–Crippen LogP) is 3.47. The molecular weight excluding hydrogens is 412 g/mol. The van der Waals surface area contributed by atoms with Gasteiger partial charge in [-0.3, -0.25) is 9.59 Å². The van der Waals surface area contributed by atoms with E-state index in [1.807, 2.05) is 19.9 Å². The van der Waals surface area contributed by atoms with Crippen molar-refractivity contribution < 1.29 is 33.0 Å². The lowest BCUT2D eigenvalue weighted by atomic mass is 10.1. The van der Waals surface area contributed by atoms with E-state index in [4.69, 9.17) is 9.15 Å². The molecule has 1 heterocycles. The van der Waals surface area contributed by atoms with Crippen LogP contribution in [0.25, 0.3) is 11.0 Å². The van der Waals surface area contributed by atoms with Crippen molar-refractivity contribution in [2.24, 2.45) is 0 Å². The Morgan fingerprint density at radius 2 is 1.63 bits per heavy atom. The van der Waals surface area contributed by atoms with Crippen molar-refractivity contribution in [1.29, 1.82) is 0 Å². The van der Waals surface area contributed by atoms with Crippen molar-refractivity contribution in [3.63, 3.8) is 0 Å². The first-order valence-electron chi connectivity index (χ1n) is 9.27. The van der Waals surface area contributed by atoms with Gasteiger partial charge in [0.1, 0.15) is 5.76 Å². The number of carbonyl (C=O) groups is 3. The van der Waals surface area contributed by atoms with Crippen molar-refractivity contribution in [2.45, 2.75) is 26.7 Å². The molecular formula is C20H26N2O7S. The Morgan fingerprint density at radius 1 is 1.03 bits per heavy atom. The van der Waals surface area contributed by atoms with Crippen LogP contribution >= 0.6 is 12.1 Å². The quantitative estimate of drug-likeness (QED) is 0.430. The van der Waals surface area contributed by atoms with Gasteiger partial charge in [0, 0.05) is 37.7 Å². The highest BCUT2D eigenvalue weighted by Gasteiger charge is 2.21. The van der Waals surface area contributed by atoms with Gasteiger partial charge < -0.3 is 18.6 Å². The number of rotatable bonds is 9. The van der Waals surface area contributed by atoms with Gasteiger partial charge in [0.05, 0.1) is 27.1 Å². The molecule has 1 aromatic carbocycles. The zero-order valence-electron chi connectivity index (χ0n) is 17.7. The maximum Gasteiger partial charge on any atom is 0.426 e. The number of hydrogen-bond acceptors (Lipinski definition) is 9. The molecule has 10 heteroatoms. The fourth-order valence-corrected chi connectivity index (χ4v) is 3.41. The molecule has 0 aliphatic heterocycles.